The molecule has 0 heterocycles. The summed E-state index contributed by atoms with van der Waals surface area (Å²) in [7, 11) is 3.49. The predicted molar refractivity (Wildman–Crippen MR) is 92.5 cm³/mol. The fraction of sp³-hybridized carbons (Fsp3) is 0.429. The van der Waals surface area contributed by atoms with Crippen LogP contribution >= 0.6 is 0 Å². The number of benzene rings is 2. The van der Waals surface area contributed by atoms with E-state index in [-0.39, 0.29) is 0 Å². The standard InChI is InChI=1S/C21H24O2/c1-22-16-9-6-14(7-10-16)20-12-15-8-11-17(23-2)13-21(15)19-5-3-4-18(19)20/h6-11,13,18-20H,3-5,12H2,1-2H3. The van der Waals surface area contributed by atoms with Crippen molar-refractivity contribution >= 4 is 0 Å². The minimum atomic E-state index is 0.634. The Kier molecular flexibility index (Phi) is 3.76. The van der Waals surface area contributed by atoms with Crippen LogP contribution in [0.3, 0.4) is 0 Å². The number of fused-ring (bicyclic) bond motifs is 3. The van der Waals surface area contributed by atoms with Gasteiger partial charge in [0.15, 0.2) is 0 Å². The van der Waals surface area contributed by atoms with Gasteiger partial charge in [-0.3, -0.25) is 0 Å². The summed E-state index contributed by atoms with van der Waals surface area (Å²) in [5.41, 5.74) is 4.51. The van der Waals surface area contributed by atoms with E-state index in [4.69, 9.17) is 9.47 Å². The molecule has 2 nitrogen and oxygen atoms in total. The topological polar surface area (TPSA) is 18.5 Å². The lowest BCUT2D eigenvalue weighted by Gasteiger charge is -2.36. The zero-order chi connectivity index (χ0) is 15.8. The summed E-state index contributed by atoms with van der Waals surface area (Å²) < 4.78 is 10.8. The van der Waals surface area contributed by atoms with E-state index in [1.165, 1.54) is 36.0 Å². The van der Waals surface area contributed by atoms with Gasteiger partial charge in [0.1, 0.15) is 11.5 Å². The molecule has 0 saturated heterocycles. The Hall–Kier alpha value is -1.96. The SMILES string of the molecule is COc1ccc(C2Cc3ccc(OC)cc3C3CCCC23)cc1. The molecule has 1 fully saturated rings. The summed E-state index contributed by atoms with van der Waals surface area (Å²) in [4.78, 5) is 0. The minimum absolute atomic E-state index is 0.634. The van der Waals surface area contributed by atoms with E-state index in [1.807, 2.05) is 0 Å². The number of hydrogen-bond acceptors (Lipinski definition) is 2. The molecule has 0 aromatic heterocycles. The van der Waals surface area contributed by atoms with Crippen LogP contribution in [0.4, 0.5) is 0 Å². The van der Waals surface area contributed by atoms with Crippen LogP contribution in [0.25, 0.3) is 0 Å². The number of hydrogen-bond donors (Lipinski definition) is 0. The molecular weight excluding hydrogens is 284 g/mol. The molecule has 1 saturated carbocycles. The molecule has 0 aliphatic heterocycles. The summed E-state index contributed by atoms with van der Waals surface area (Å²) >= 11 is 0. The third-order valence-corrected chi connectivity index (χ3v) is 5.82. The van der Waals surface area contributed by atoms with Gasteiger partial charge >= 0.3 is 0 Å². The first kappa shape index (κ1) is 14.6. The Labute approximate surface area is 138 Å². The van der Waals surface area contributed by atoms with Crippen molar-refractivity contribution in [3.05, 3.63) is 59.2 Å². The average molecular weight is 308 g/mol. The molecule has 3 unspecified atom stereocenters. The number of ether oxygens (including phenoxy) is 2. The highest BCUT2D eigenvalue weighted by molar-refractivity contribution is 5.44. The van der Waals surface area contributed by atoms with Crippen LogP contribution in [-0.4, -0.2) is 14.2 Å². The Morgan fingerprint density at radius 2 is 1.57 bits per heavy atom. The summed E-state index contributed by atoms with van der Waals surface area (Å²) in [6, 6.07) is 15.4. The monoisotopic (exact) mass is 308 g/mol. The van der Waals surface area contributed by atoms with Crippen molar-refractivity contribution in [2.45, 2.75) is 37.5 Å². The van der Waals surface area contributed by atoms with Gasteiger partial charge in [-0.25, -0.2) is 0 Å². The van der Waals surface area contributed by atoms with E-state index in [1.54, 1.807) is 14.2 Å². The normalized spacial score (nSPS) is 25.6. The van der Waals surface area contributed by atoms with E-state index in [0.29, 0.717) is 11.8 Å². The highest BCUT2D eigenvalue weighted by Gasteiger charge is 2.40. The van der Waals surface area contributed by atoms with Gasteiger partial charge in [-0.1, -0.05) is 24.6 Å². The molecule has 2 aliphatic rings. The highest BCUT2D eigenvalue weighted by atomic mass is 16.5. The van der Waals surface area contributed by atoms with Crippen LogP contribution in [0.5, 0.6) is 11.5 Å². The van der Waals surface area contributed by atoms with Crippen LogP contribution in [-0.2, 0) is 6.42 Å². The molecule has 3 atom stereocenters. The summed E-state index contributed by atoms with van der Waals surface area (Å²) in [5, 5.41) is 0. The van der Waals surface area contributed by atoms with E-state index >= 15 is 0 Å². The highest BCUT2D eigenvalue weighted by Crippen LogP contribution is 2.53. The molecule has 23 heavy (non-hydrogen) atoms. The molecule has 0 bridgehead atoms. The van der Waals surface area contributed by atoms with E-state index in [0.717, 1.165) is 23.8 Å². The van der Waals surface area contributed by atoms with Crippen molar-refractivity contribution in [3.63, 3.8) is 0 Å². The van der Waals surface area contributed by atoms with Crippen LogP contribution < -0.4 is 9.47 Å². The maximum atomic E-state index is 5.45. The number of rotatable bonds is 3. The van der Waals surface area contributed by atoms with Crippen LogP contribution in [0.2, 0.25) is 0 Å². The first-order valence-electron chi connectivity index (χ1n) is 8.61. The quantitative estimate of drug-likeness (QED) is 0.800. The van der Waals surface area contributed by atoms with Gasteiger partial charge in [0, 0.05) is 0 Å². The lowest BCUT2D eigenvalue weighted by Crippen LogP contribution is -2.24. The first-order chi connectivity index (χ1) is 11.3. The van der Waals surface area contributed by atoms with E-state index < -0.39 is 0 Å². The zero-order valence-corrected chi connectivity index (χ0v) is 13.9. The van der Waals surface area contributed by atoms with Gasteiger partial charge < -0.3 is 9.47 Å². The van der Waals surface area contributed by atoms with Crippen molar-refractivity contribution < 1.29 is 9.47 Å². The third kappa shape index (κ3) is 2.50. The first-order valence-corrected chi connectivity index (χ1v) is 8.61. The van der Waals surface area contributed by atoms with Gasteiger partial charge in [-0.2, -0.15) is 0 Å². The zero-order valence-electron chi connectivity index (χ0n) is 13.9. The molecule has 2 aliphatic carbocycles. The second-order valence-electron chi connectivity index (χ2n) is 6.85. The van der Waals surface area contributed by atoms with Crippen LogP contribution in [0, 0.1) is 5.92 Å². The minimum Gasteiger partial charge on any atom is -0.497 e. The fourth-order valence-corrected chi connectivity index (χ4v) is 4.69. The van der Waals surface area contributed by atoms with Crippen molar-refractivity contribution in [1.82, 2.24) is 0 Å². The predicted octanol–water partition coefficient (Wildman–Crippen LogP) is 4.93. The molecule has 120 valence electrons. The van der Waals surface area contributed by atoms with Crippen molar-refractivity contribution in [2.24, 2.45) is 5.92 Å². The van der Waals surface area contributed by atoms with Crippen molar-refractivity contribution in [2.75, 3.05) is 14.2 Å². The van der Waals surface area contributed by atoms with E-state index in [9.17, 15) is 0 Å². The summed E-state index contributed by atoms with van der Waals surface area (Å²) in [5.74, 6) is 4.04. The molecule has 0 N–H and O–H groups in total. The van der Waals surface area contributed by atoms with Crippen molar-refractivity contribution in [1.29, 1.82) is 0 Å². The Bertz CT molecular complexity index is 689. The maximum Gasteiger partial charge on any atom is 0.119 e. The second kappa shape index (κ2) is 5.92. The molecule has 2 aromatic carbocycles. The Morgan fingerprint density at radius 3 is 2.30 bits per heavy atom. The molecule has 4 rings (SSSR count). The summed E-state index contributed by atoms with van der Waals surface area (Å²) in [6.45, 7) is 0. The average Bonchev–Trinajstić information content (AvgIpc) is 3.11. The fourth-order valence-electron chi connectivity index (χ4n) is 4.69. The van der Waals surface area contributed by atoms with Gasteiger partial charge in [0.2, 0.25) is 0 Å². The summed E-state index contributed by atoms with van der Waals surface area (Å²) in [6.07, 6.45) is 5.15. The molecule has 0 spiro atoms. The lowest BCUT2D eigenvalue weighted by atomic mass is 9.68. The maximum absolute atomic E-state index is 5.45. The molecule has 2 aromatic rings. The smallest absolute Gasteiger partial charge is 0.119 e. The van der Waals surface area contributed by atoms with Crippen LogP contribution in [0.1, 0.15) is 47.8 Å². The van der Waals surface area contributed by atoms with Gasteiger partial charge in [-0.15, -0.1) is 0 Å². The molecule has 2 heteroatoms. The molecule has 0 amide bonds. The molecule has 0 radical (unpaired) electrons. The Balaban J connectivity index is 1.71. The van der Waals surface area contributed by atoms with Gasteiger partial charge in [0.25, 0.3) is 0 Å². The molecular formula is C21H24O2. The number of methoxy groups -OCH3 is 2. The van der Waals surface area contributed by atoms with Gasteiger partial charge in [0.05, 0.1) is 14.2 Å². The second-order valence-corrected chi connectivity index (χ2v) is 6.85. The Morgan fingerprint density at radius 1 is 0.826 bits per heavy atom. The largest absolute Gasteiger partial charge is 0.497 e. The van der Waals surface area contributed by atoms with Gasteiger partial charge in [-0.05, 0) is 78.0 Å². The lowest BCUT2D eigenvalue weighted by molar-refractivity contribution is 0.360. The van der Waals surface area contributed by atoms with Crippen LogP contribution in [0.15, 0.2) is 42.5 Å². The van der Waals surface area contributed by atoms with Crippen molar-refractivity contribution in [3.8, 4) is 11.5 Å². The van der Waals surface area contributed by atoms with E-state index in [2.05, 4.69) is 42.5 Å². The third-order valence-electron chi connectivity index (χ3n) is 5.82.